The van der Waals surface area contributed by atoms with Crippen LogP contribution in [-0.2, 0) is 7.05 Å². The van der Waals surface area contributed by atoms with Gasteiger partial charge in [0.05, 0.1) is 43.6 Å². The molecule has 6 heteroatoms. The Morgan fingerprint density at radius 2 is 1.27 bits per heavy atom. The fourth-order valence-electron chi connectivity index (χ4n) is 3.93. The molecule has 0 saturated heterocycles. The third kappa shape index (κ3) is 3.54. The van der Waals surface area contributed by atoms with E-state index in [4.69, 9.17) is 18.9 Å². The van der Waals surface area contributed by atoms with E-state index in [0.29, 0.717) is 5.75 Å². The van der Waals surface area contributed by atoms with E-state index in [9.17, 15) is 0 Å². The molecule has 0 atom stereocenters. The predicted molar refractivity (Wildman–Crippen MR) is 123 cm³/mol. The van der Waals surface area contributed by atoms with E-state index in [1.165, 1.54) is 0 Å². The molecule has 0 saturated carbocycles. The molecule has 0 bridgehead atoms. The van der Waals surface area contributed by atoms with Crippen molar-refractivity contribution in [2.45, 2.75) is 20.0 Å². The van der Waals surface area contributed by atoms with Crippen LogP contribution in [0.1, 0.15) is 13.8 Å². The zero-order valence-corrected chi connectivity index (χ0v) is 18.9. The number of rotatable bonds is 5. The lowest BCUT2D eigenvalue weighted by Gasteiger charge is -2.15. The summed E-state index contributed by atoms with van der Waals surface area (Å²) in [7, 11) is 7.05. The zero-order valence-electron chi connectivity index (χ0n) is 18.1. The van der Waals surface area contributed by atoms with Crippen molar-refractivity contribution >= 4 is 44.9 Å². The van der Waals surface area contributed by atoms with E-state index in [-0.39, 0.29) is 18.5 Å². The lowest BCUT2D eigenvalue weighted by atomic mass is 10.00. The molecule has 0 spiro atoms. The molecule has 0 unspecified atom stereocenters. The molecule has 0 aliphatic carbocycles. The Labute approximate surface area is 182 Å². The number of ether oxygens (including phenoxy) is 4. The monoisotopic (exact) mass is 428 g/mol. The number of hydrogen-bond donors (Lipinski definition) is 0. The highest BCUT2D eigenvalue weighted by atomic mass is 35.5. The van der Waals surface area contributed by atoms with Crippen molar-refractivity contribution < 1.29 is 23.5 Å². The van der Waals surface area contributed by atoms with Crippen LogP contribution < -0.4 is 23.5 Å². The maximum Gasteiger partial charge on any atom is 0.220 e. The van der Waals surface area contributed by atoms with Gasteiger partial charge in [-0.25, -0.2) is 0 Å². The molecular weight excluding hydrogens is 402 g/mol. The molecule has 30 heavy (non-hydrogen) atoms. The lowest BCUT2D eigenvalue weighted by Crippen LogP contribution is -2.28. The van der Waals surface area contributed by atoms with Gasteiger partial charge in [0.15, 0.2) is 29.2 Å². The molecule has 0 aliphatic rings. The zero-order chi connectivity index (χ0) is 20.7. The molecule has 4 rings (SSSR count). The Bertz CT molecular complexity index is 1240. The van der Waals surface area contributed by atoms with Gasteiger partial charge in [0.1, 0.15) is 7.05 Å². The van der Waals surface area contributed by atoms with Gasteiger partial charge in [-0.3, -0.25) is 0 Å². The van der Waals surface area contributed by atoms with Gasteiger partial charge in [-0.1, -0.05) is 6.07 Å². The first kappa shape index (κ1) is 21.8. The lowest BCUT2D eigenvalue weighted by molar-refractivity contribution is -0.642. The fourth-order valence-corrected chi connectivity index (χ4v) is 3.93. The summed E-state index contributed by atoms with van der Waals surface area (Å²) in [5, 5.41) is 5.54. The van der Waals surface area contributed by atoms with Crippen LogP contribution in [0, 0.1) is 0 Å². The molecule has 4 aromatic rings. The second-order valence-electron chi connectivity index (χ2n) is 7.39. The molecule has 1 heterocycles. The van der Waals surface area contributed by atoms with Gasteiger partial charge in [-0.15, -0.1) is 12.4 Å². The summed E-state index contributed by atoms with van der Waals surface area (Å²) in [4.78, 5) is 0. The number of methoxy groups -OCH3 is 3. The van der Waals surface area contributed by atoms with Crippen molar-refractivity contribution in [1.82, 2.24) is 0 Å². The molecule has 0 radical (unpaired) electrons. The molecule has 3 aromatic carbocycles. The Morgan fingerprint density at radius 3 is 1.90 bits per heavy atom. The Balaban J connectivity index is 0.00000256. The van der Waals surface area contributed by atoms with Crippen molar-refractivity contribution in [2.24, 2.45) is 7.05 Å². The number of benzene rings is 3. The standard InChI is InChI=1S/C24H26NO4.ClH/c1-14(2)29-23-10-16-13-25(3)24-17(18(16)11-22(23)28-6)8-7-15-9-20(26-4)21(27-5)12-19(15)24;/h7-14H,1-6H3;1H/q+1;. The number of halogens is 1. The van der Waals surface area contributed by atoms with E-state index in [2.05, 4.69) is 36.0 Å². The molecular formula is C24H27ClNO4+. The van der Waals surface area contributed by atoms with Crippen molar-refractivity contribution in [3.63, 3.8) is 0 Å². The van der Waals surface area contributed by atoms with E-state index < -0.39 is 0 Å². The van der Waals surface area contributed by atoms with Crippen molar-refractivity contribution in [2.75, 3.05) is 21.3 Å². The van der Waals surface area contributed by atoms with Gasteiger partial charge in [0.25, 0.3) is 0 Å². The quantitative estimate of drug-likeness (QED) is 0.323. The minimum absolute atomic E-state index is 0. The molecule has 0 fully saturated rings. The largest absolute Gasteiger partial charge is 0.493 e. The topological polar surface area (TPSA) is 40.8 Å². The van der Waals surface area contributed by atoms with Crippen molar-refractivity contribution in [3.05, 3.63) is 42.6 Å². The Morgan fingerprint density at radius 1 is 0.700 bits per heavy atom. The van der Waals surface area contributed by atoms with E-state index in [1.54, 1.807) is 21.3 Å². The van der Waals surface area contributed by atoms with Crippen LogP contribution in [0.4, 0.5) is 0 Å². The highest BCUT2D eigenvalue weighted by Crippen LogP contribution is 2.39. The van der Waals surface area contributed by atoms with Gasteiger partial charge in [-0.2, -0.15) is 4.57 Å². The average Bonchev–Trinajstić information content (AvgIpc) is 2.71. The van der Waals surface area contributed by atoms with Crippen molar-refractivity contribution in [3.8, 4) is 23.0 Å². The van der Waals surface area contributed by atoms with Crippen LogP contribution in [0.2, 0.25) is 0 Å². The number of pyridine rings is 1. The summed E-state index contributed by atoms with van der Waals surface area (Å²) in [6.45, 7) is 4.02. The van der Waals surface area contributed by atoms with Crippen LogP contribution in [-0.4, -0.2) is 27.4 Å². The van der Waals surface area contributed by atoms with Crippen LogP contribution in [0.15, 0.2) is 42.6 Å². The number of nitrogens with zero attached hydrogens (tertiary/aromatic N) is 1. The van der Waals surface area contributed by atoms with Crippen LogP contribution >= 0.6 is 12.4 Å². The highest BCUT2D eigenvalue weighted by molar-refractivity contribution is 6.14. The molecule has 5 nitrogen and oxygen atoms in total. The molecule has 158 valence electrons. The van der Waals surface area contributed by atoms with Gasteiger partial charge in [0.2, 0.25) is 5.52 Å². The maximum absolute atomic E-state index is 5.96. The number of fused-ring (bicyclic) bond motifs is 5. The fraction of sp³-hybridized carbons (Fsp3) is 0.292. The molecule has 1 aromatic heterocycles. The minimum Gasteiger partial charge on any atom is -0.493 e. The second-order valence-corrected chi connectivity index (χ2v) is 7.39. The summed E-state index contributed by atoms with van der Waals surface area (Å²) in [6.07, 6.45) is 2.20. The van der Waals surface area contributed by atoms with E-state index >= 15 is 0 Å². The SMILES string of the molecule is COc1cc2ccc3c4cc(OC)c(OC(C)C)cc4c[n+](C)c3c2cc1OC.Cl. The Hall–Kier alpha value is -2.92. The van der Waals surface area contributed by atoms with E-state index in [0.717, 1.165) is 49.7 Å². The van der Waals surface area contributed by atoms with Gasteiger partial charge >= 0.3 is 0 Å². The van der Waals surface area contributed by atoms with E-state index in [1.807, 2.05) is 32.0 Å². The minimum atomic E-state index is 0. The molecule has 0 amide bonds. The Kier molecular flexibility index (Phi) is 6.13. The first-order valence-corrected chi connectivity index (χ1v) is 9.62. The maximum atomic E-state index is 5.96. The van der Waals surface area contributed by atoms with Crippen LogP contribution in [0.5, 0.6) is 23.0 Å². The molecule has 0 aliphatic heterocycles. The normalized spacial score (nSPS) is 11.0. The third-order valence-corrected chi connectivity index (χ3v) is 5.17. The number of hydrogen-bond acceptors (Lipinski definition) is 4. The average molecular weight is 429 g/mol. The first-order valence-electron chi connectivity index (χ1n) is 9.62. The summed E-state index contributed by atoms with van der Waals surface area (Å²) in [6, 6.07) is 12.4. The second kappa shape index (κ2) is 8.44. The predicted octanol–water partition coefficient (Wildman–Crippen LogP) is 5.21. The number of aryl methyl sites for hydroxylation is 1. The summed E-state index contributed by atoms with van der Waals surface area (Å²) in [5.74, 6) is 2.92. The molecule has 0 N–H and O–H groups in total. The van der Waals surface area contributed by atoms with Crippen molar-refractivity contribution in [1.29, 1.82) is 0 Å². The van der Waals surface area contributed by atoms with Gasteiger partial charge in [0, 0.05) is 5.39 Å². The van der Waals surface area contributed by atoms with Crippen LogP contribution in [0.25, 0.3) is 32.4 Å². The van der Waals surface area contributed by atoms with Gasteiger partial charge in [-0.05, 0) is 49.6 Å². The summed E-state index contributed by atoms with van der Waals surface area (Å²) >= 11 is 0. The van der Waals surface area contributed by atoms with Gasteiger partial charge < -0.3 is 18.9 Å². The third-order valence-electron chi connectivity index (χ3n) is 5.17. The smallest absolute Gasteiger partial charge is 0.220 e. The summed E-state index contributed by atoms with van der Waals surface area (Å²) in [5.41, 5.74) is 1.12. The highest BCUT2D eigenvalue weighted by Gasteiger charge is 2.19. The first-order chi connectivity index (χ1) is 14.0. The summed E-state index contributed by atoms with van der Waals surface area (Å²) < 4.78 is 24.7. The number of aromatic nitrogens is 1. The van der Waals surface area contributed by atoms with Crippen LogP contribution in [0.3, 0.4) is 0 Å².